The van der Waals surface area contributed by atoms with Crippen molar-refractivity contribution in [2.75, 3.05) is 0 Å². The molecule has 0 saturated carbocycles. The fourth-order valence-electron chi connectivity index (χ4n) is 0.832. The van der Waals surface area contributed by atoms with E-state index < -0.39 is 0 Å². The number of rotatable bonds is 2. The first-order chi connectivity index (χ1) is 4.74. The molecule has 1 unspecified atom stereocenters. The monoisotopic (exact) mass is 172 g/mol. The lowest BCUT2D eigenvalue weighted by molar-refractivity contribution is -0.708. The van der Waals surface area contributed by atoms with Gasteiger partial charge in [0.15, 0.2) is 0 Å². The van der Waals surface area contributed by atoms with Crippen LogP contribution >= 0.6 is 0 Å². The average Bonchev–Trinajstić information content (AvgIpc) is 2.34. The zero-order valence-electron chi connectivity index (χ0n) is 6.87. The Morgan fingerprint density at radius 1 is 1.64 bits per heavy atom. The minimum absolute atomic E-state index is 0. The molecule has 1 aromatic rings. The van der Waals surface area contributed by atoms with E-state index in [0.29, 0.717) is 6.04 Å². The van der Waals surface area contributed by atoms with Gasteiger partial charge in [0, 0.05) is 0 Å². The predicted molar refractivity (Wildman–Crippen MR) is 40.5 cm³/mol. The molecule has 0 saturated heterocycles. The van der Waals surface area contributed by atoms with Gasteiger partial charge in [-0.15, -0.1) is 0 Å². The zero-order valence-corrected chi connectivity index (χ0v) is 7.62. The number of allylic oxidation sites excluding steroid dienone is 1. The van der Waals surface area contributed by atoms with E-state index in [1.54, 1.807) is 0 Å². The molecule has 1 aromatic heterocycles. The van der Waals surface area contributed by atoms with Crippen LogP contribution in [0.2, 0.25) is 0 Å². The van der Waals surface area contributed by atoms with Crippen LogP contribution in [0, 0.1) is 0 Å². The van der Waals surface area contributed by atoms with Crippen LogP contribution in [-0.4, -0.2) is 4.57 Å². The Morgan fingerprint density at radius 3 is 2.64 bits per heavy atom. The van der Waals surface area contributed by atoms with Gasteiger partial charge < -0.3 is 12.4 Å². The normalized spacial score (nSPS) is 11.8. The lowest BCUT2D eigenvalue weighted by atomic mass is 10.3. The molecule has 0 amide bonds. The molecular formula is C8H13ClN2. The van der Waals surface area contributed by atoms with Gasteiger partial charge in [0.2, 0.25) is 6.33 Å². The highest BCUT2D eigenvalue weighted by atomic mass is 35.5. The third-order valence-electron chi connectivity index (χ3n) is 1.60. The Hall–Kier alpha value is -0.760. The summed E-state index contributed by atoms with van der Waals surface area (Å²) >= 11 is 0. The summed E-state index contributed by atoms with van der Waals surface area (Å²) in [4.78, 5) is 0. The van der Waals surface area contributed by atoms with Crippen LogP contribution < -0.4 is 17.0 Å². The predicted octanol–water partition coefficient (Wildman–Crippen LogP) is -1.94. The van der Waals surface area contributed by atoms with Gasteiger partial charge in [0.05, 0.1) is 7.05 Å². The van der Waals surface area contributed by atoms with Crippen molar-refractivity contribution in [1.29, 1.82) is 0 Å². The molecule has 0 radical (unpaired) electrons. The van der Waals surface area contributed by atoms with Crippen molar-refractivity contribution in [1.82, 2.24) is 4.57 Å². The molecule has 62 valence electrons. The van der Waals surface area contributed by atoms with Crippen LogP contribution in [0.3, 0.4) is 0 Å². The molecule has 0 spiro atoms. The van der Waals surface area contributed by atoms with Gasteiger partial charge >= 0.3 is 0 Å². The number of nitrogens with zero attached hydrogens (tertiary/aromatic N) is 2. The molecule has 11 heavy (non-hydrogen) atoms. The Balaban J connectivity index is 0.000001000. The molecule has 3 heteroatoms. The zero-order chi connectivity index (χ0) is 7.56. The third-order valence-corrected chi connectivity index (χ3v) is 1.60. The summed E-state index contributed by atoms with van der Waals surface area (Å²) in [5, 5.41) is 0. The fourth-order valence-corrected chi connectivity index (χ4v) is 0.832. The van der Waals surface area contributed by atoms with Crippen molar-refractivity contribution in [3.05, 3.63) is 31.4 Å². The number of aryl methyl sites for hydroxylation is 1. The smallest absolute Gasteiger partial charge is 0.244 e. The van der Waals surface area contributed by atoms with Crippen LogP contribution in [0.15, 0.2) is 31.4 Å². The Labute approximate surface area is 73.6 Å². The van der Waals surface area contributed by atoms with Crippen molar-refractivity contribution in [2.24, 2.45) is 7.05 Å². The highest BCUT2D eigenvalue weighted by molar-refractivity contribution is 4.72. The maximum absolute atomic E-state index is 3.72. The molecule has 0 aliphatic carbocycles. The molecule has 0 bridgehead atoms. The second-order valence-corrected chi connectivity index (χ2v) is 2.50. The summed E-state index contributed by atoms with van der Waals surface area (Å²) < 4.78 is 4.12. The average molecular weight is 173 g/mol. The summed E-state index contributed by atoms with van der Waals surface area (Å²) in [5.41, 5.74) is 0. The molecular weight excluding hydrogens is 160 g/mol. The van der Waals surface area contributed by atoms with Gasteiger partial charge in [-0.3, -0.25) is 0 Å². The number of hydrogen-bond donors (Lipinski definition) is 0. The van der Waals surface area contributed by atoms with Gasteiger partial charge in [-0.05, 0) is 13.0 Å². The minimum Gasteiger partial charge on any atom is -1.00 e. The molecule has 0 aliphatic heterocycles. The van der Waals surface area contributed by atoms with Gasteiger partial charge in [0.25, 0.3) is 0 Å². The van der Waals surface area contributed by atoms with E-state index in [4.69, 9.17) is 0 Å². The molecule has 0 fully saturated rings. The van der Waals surface area contributed by atoms with Crippen LogP contribution in [0.1, 0.15) is 13.0 Å². The largest absolute Gasteiger partial charge is 1.00 e. The maximum Gasteiger partial charge on any atom is 0.244 e. The van der Waals surface area contributed by atoms with Gasteiger partial charge in [-0.1, -0.05) is 6.58 Å². The Morgan fingerprint density at radius 2 is 2.27 bits per heavy atom. The second kappa shape index (κ2) is 4.19. The van der Waals surface area contributed by atoms with E-state index in [1.807, 2.05) is 36.4 Å². The molecule has 0 aliphatic rings. The van der Waals surface area contributed by atoms with Crippen molar-refractivity contribution in [3.8, 4) is 0 Å². The van der Waals surface area contributed by atoms with Crippen LogP contribution in [-0.2, 0) is 7.05 Å². The van der Waals surface area contributed by atoms with Crippen LogP contribution in [0.25, 0.3) is 0 Å². The summed E-state index contributed by atoms with van der Waals surface area (Å²) in [7, 11) is 2.01. The highest BCUT2D eigenvalue weighted by Gasteiger charge is 2.04. The summed E-state index contributed by atoms with van der Waals surface area (Å²) in [6, 6.07) is 0.390. The summed E-state index contributed by atoms with van der Waals surface area (Å²) in [6.45, 7) is 5.82. The first kappa shape index (κ1) is 10.2. The fraction of sp³-hybridized carbons (Fsp3) is 0.375. The van der Waals surface area contributed by atoms with E-state index in [-0.39, 0.29) is 12.4 Å². The van der Waals surface area contributed by atoms with Crippen LogP contribution in [0.4, 0.5) is 0 Å². The number of hydrogen-bond acceptors (Lipinski definition) is 0. The second-order valence-electron chi connectivity index (χ2n) is 2.50. The van der Waals surface area contributed by atoms with Crippen molar-refractivity contribution >= 4 is 0 Å². The summed E-state index contributed by atoms with van der Waals surface area (Å²) in [5.74, 6) is 0. The van der Waals surface area contributed by atoms with Gasteiger partial charge in [0.1, 0.15) is 18.4 Å². The first-order valence-electron chi connectivity index (χ1n) is 3.39. The molecule has 1 heterocycles. The lowest BCUT2D eigenvalue weighted by Crippen LogP contribution is -3.00. The van der Waals surface area contributed by atoms with E-state index >= 15 is 0 Å². The quantitative estimate of drug-likeness (QED) is 0.363. The number of imidazole rings is 1. The van der Waals surface area contributed by atoms with Gasteiger partial charge in [-0.2, -0.15) is 0 Å². The molecule has 2 nitrogen and oxygen atoms in total. The highest BCUT2D eigenvalue weighted by Crippen LogP contribution is 1.93. The van der Waals surface area contributed by atoms with E-state index in [1.165, 1.54) is 0 Å². The first-order valence-corrected chi connectivity index (χ1v) is 3.39. The lowest BCUT2D eigenvalue weighted by Gasteiger charge is -1.97. The van der Waals surface area contributed by atoms with Crippen molar-refractivity contribution in [3.63, 3.8) is 0 Å². The minimum atomic E-state index is 0. The van der Waals surface area contributed by atoms with Crippen molar-refractivity contribution < 1.29 is 17.0 Å². The van der Waals surface area contributed by atoms with Gasteiger partial charge in [-0.25, -0.2) is 9.13 Å². The summed E-state index contributed by atoms with van der Waals surface area (Å²) in [6.07, 6.45) is 8.00. The van der Waals surface area contributed by atoms with Crippen LogP contribution in [0.5, 0.6) is 0 Å². The van der Waals surface area contributed by atoms with E-state index in [9.17, 15) is 0 Å². The third kappa shape index (κ3) is 2.39. The number of aromatic nitrogens is 2. The van der Waals surface area contributed by atoms with E-state index in [0.717, 1.165) is 0 Å². The van der Waals surface area contributed by atoms with E-state index in [2.05, 4.69) is 18.1 Å². The molecule has 1 atom stereocenters. The SMILES string of the molecule is C=CC(C)[n+]1ccn(C)c1.[Cl-]. The Bertz CT molecular complexity index is 230. The standard InChI is InChI=1S/C8H13N2.ClH/c1-4-8(2)10-6-5-9(3)7-10;/h4-8H,1H2,2-3H3;1H/q+1;/p-1. The Kier molecular flexibility index (Phi) is 3.90. The van der Waals surface area contributed by atoms with Crippen molar-refractivity contribution in [2.45, 2.75) is 13.0 Å². The molecule has 1 rings (SSSR count). The maximum atomic E-state index is 3.72. The number of halogens is 1. The topological polar surface area (TPSA) is 8.81 Å². The molecule has 0 aromatic carbocycles. The molecule has 0 N–H and O–H groups in total.